The molecule has 1 aliphatic rings. The van der Waals surface area contributed by atoms with Crippen molar-refractivity contribution in [1.82, 2.24) is 15.5 Å². The third-order valence-corrected chi connectivity index (χ3v) is 4.98. The SMILES string of the molecule is O=C(NCc1ccccc1Cl)c1nc(-c2ccc(N3CCCC3)cc2)no1. The number of halogens is 1. The fourth-order valence-electron chi connectivity index (χ4n) is 3.12. The Morgan fingerprint density at radius 1 is 1.11 bits per heavy atom. The van der Waals surface area contributed by atoms with Crippen LogP contribution in [0, 0.1) is 0 Å². The summed E-state index contributed by atoms with van der Waals surface area (Å²) in [6, 6.07) is 15.3. The predicted molar refractivity (Wildman–Crippen MR) is 104 cm³/mol. The monoisotopic (exact) mass is 382 g/mol. The van der Waals surface area contributed by atoms with E-state index in [2.05, 4.69) is 20.4 Å². The largest absolute Gasteiger partial charge is 0.372 e. The van der Waals surface area contributed by atoms with E-state index in [0.29, 0.717) is 17.4 Å². The van der Waals surface area contributed by atoms with Crippen molar-refractivity contribution in [2.45, 2.75) is 19.4 Å². The van der Waals surface area contributed by atoms with E-state index in [0.717, 1.165) is 24.2 Å². The van der Waals surface area contributed by atoms with E-state index in [1.54, 1.807) is 6.07 Å². The van der Waals surface area contributed by atoms with E-state index >= 15 is 0 Å². The Balaban J connectivity index is 1.41. The number of amides is 1. The maximum absolute atomic E-state index is 12.2. The normalized spacial score (nSPS) is 13.7. The van der Waals surface area contributed by atoms with Crippen LogP contribution >= 0.6 is 11.6 Å². The van der Waals surface area contributed by atoms with Crippen molar-refractivity contribution in [3.63, 3.8) is 0 Å². The Bertz CT molecular complexity index is 933. The molecule has 1 fully saturated rings. The molecule has 6 nitrogen and oxygen atoms in total. The van der Waals surface area contributed by atoms with Gasteiger partial charge in [0, 0.05) is 35.9 Å². The second kappa shape index (κ2) is 7.80. The summed E-state index contributed by atoms with van der Waals surface area (Å²) in [6.07, 6.45) is 2.47. The second-order valence-corrected chi connectivity index (χ2v) is 6.85. The van der Waals surface area contributed by atoms with Crippen LogP contribution in [0.1, 0.15) is 29.1 Å². The van der Waals surface area contributed by atoms with Crippen LogP contribution in [0.2, 0.25) is 5.02 Å². The molecule has 1 aliphatic heterocycles. The molecule has 4 rings (SSSR count). The molecule has 3 aromatic rings. The van der Waals surface area contributed by atoms with E-state index in [-0.39, 0.29) is 5.89 Å². The molecule has 0 spiro atoms. The van der Waals surface area contributed by atoms with Crippen LogP contribution in [0.4, 0.5) is 5.69 Å². The molecule has 1 aromatic heterocycles. The number of hydrogen-bond acceptors (Lipinski definition) is 5. The van der Waals surface area contributed by atoms with Crippen LogP contribution in [0.5, 0.6) is 0 Å². The van der Waals surface area contributed by atoms with Crippen molar-refractivity contribution in [2.24, 2.45) is 0 Å². The fourth-order valence-corrected chi connectivity index (χ4v) is 3.33. The number of carbonyl (C=O) groups excluding carboxylic acids is 1. The molecule has 2 aromatic carbocycles. The molecule has 0 saturated carbocycles. The summed E-state index contributed by atoms with van der Waals surface area (Å²) in [7, 11) is 0. The summed E-state index contributed by atoms with van der Waals surface area (Å²) in [5, 5.41) is 7.26. The van der Waals surface area contributed by atoms with E-state index < -0.39 is 5.91 Å². The van der Waals surface area contributed by atoms with E-state index in [1.807, 2.05) is 42.5 Å². The zero-order valence-corrected chi connectivity index (χ0v) is 15.4. The standard InChI is InChI=1S/C20H19ClN4O2/c21-17-6-2-1-5-15(17)13-22-19(26)20-23-18(24-27-20)14-7-9-16(10-8-14)25-11-3-4-12-25/h1-2,5-10H,3-4,11-13H2,(H,22,26). The maximum Gasteiger partial charge on any atom is 0.316 e. The highest BCUT2D eigenvalue weighted by Gasteiger charge is 2.17. The molecule has 138 valence electrons. The number of aromatic nitrogens is 2. The number of nitrogens with zero attached hydrogens (tertiary/aromatic N) is 3. The highest BCUT2D eigenvalue weighted by molar-refractivity contribution is 6.31. The molecule has 0 unspecified atom stereocenters. The lowest BCUT2D eigenvalue weighted by molar-refractivity contribution is 0.0907. The van der Waals surface area contributed by atoms with Crippen molar-refractivity contribution in [2.75, 3.05) is 18.0 Å². The highest BCUT2D eigenvalue weighted by atomic mass is 35.5. The minimum absolute atomic E-state index is 0.0688. The Morgan fingerprint density at radius 2 is 1.85 bits per heavy atom. The summed E-state index contributed by atoms with van der Waals surface area (Å²) < 4.78 is 5.11. The van der Waals surface area contributed by atoms with Gasteiger partial charge in [-0.15, -0.1) is 0 Å². The third-order valence-electron chi connectivity index (χ3n) is 4.61. The molecule has 1 amide bonds. The van der Waals surface area contributed by atoms with Crippen molar-refractivity contribution in [3.8, 4) is 11.4 Å². The molecule has 7 heteroatoms. The van der Waals surface area contributed by atoms with Gasteiger partial charge in [-0.1, -0.05) is 35.0 Å². The minimum Gasteiger partial charge on any atom is -0.372 e. The van der Waals surface area contributed by atoms with Crippen LogP contribution in [0.3, 0.4) is 0 Å². The van der Waals surface area contributed by atoms with Crippen LogP contribution in [-0.2, 0) is 6.54 Å². The summed E-state index contributed by atoms with van der Waals surface area (Å²) >= 11 is 6.09. The Hall–Kier alpha value is -2.86. The molecule has 0 aliphatic carbocycles. The summed E-state index contributed by atoms with van der Waals surface area (Å²) in [6.45, 7) is 2.48. The molecular weight excluding hydrogens is 364 g/mol. The van der Waals surface area contributed by atoms with Gasteiger partial charge in [0.25, 0.3) is 0 Å². The lowest BCUT2D eigenvalue weighted by Crippen LogP contribution is -2.23. The third kappa shape index (κ3) is 3.95. The molecular formula is C20H19ClN4O2. The summed E-state index contributed by atoms with van der Waals surface area (Å²) in [5.41, 5.74) is 2.83. The Kier molecular flexibility index (Phi) is 5.07. The van der Waals surface area contributed by atoms with E-state index in [4.69, 9.17) is 16.1 Å². The Labute approximate surface area is 162 Å². The van der Waals surface area contributed by atoms with Crippen molar-refractivity contribution in [3.05, 3.63) is 65.0 Å². The van der Waals surface area contributed by atoms with Gasteiger partial charge in [0.1, 0.15) is 0 Å². The molecule has 0 atom stereocenters. The first kappa shape index (κ1) is 17.5. The lowest BCUT2D eigenvalue weighted by Gasteiger charge is -2.17. The summed E-state index contributed by atoms with van der Waals surface area (Å²) in [4.78, 5) is 18.8. The van der Waals surface area contributed by atoms with Crippen LogP contribution in [-0.4, -0.2) is 29.1 Å². The van der Waals surface area contributed by atoms with Gasteiger partial charge in [-0.25, -0.2) is 0 Å². The maximum atomic E-state index is 12.2. The van der Waals surface area contributed by atoms with Gasteiger partial charge in [0.15, 0.2) is 0 Å². The average Bonchev–Trinajstić information content (AvgIpc) is 3.39. The predicted octanol–water partition coefficient (Wildman–Crippen LogP) is 3.92. The molecule has 27 heavy (non-hydrogen) atoms. The molecule has 2 heterocycles. The fraction of sp³-hybridized carbons (Fsp3) is 0.250. The lowest BCUT2D eigenvalue weighted by atomic mass is 10.2. The minimum atomic E-state index is -0.428. The number of hydrogen-bond donors (Lipinski definition) is 1. The van der Waals surface area contributed by atoms with Gasteiger partial charge in [0.2, 0.25) is 5.82 Å². The van der Waals surface area contributed by atoms with Gasteiger partial charge < -0.3 is 14.7 Å². The van der Waals surface area contributed by atoms with E-state index in [1.165, 1.54) is 18.5 Å². The average molecular weight is 383 g/mol. The van der Waals surface area contributed by atoms with Gasteiger partial charge in [0.05, 0.1) is 0 Å². The van der Waals surface area contributed by atoms with Gasteiger partial charge in [-0.3, -0.25) is 4.79 Å². The highest BCUT2D eigenvalue weighted by Crippen LogP contribution is 2.24. The zero-order chi connectivity index (χ0) is 18.6. The van der Waals surface area contributed by atoms with E-state index in [9.17, 15) is 4.79 Å². The number of nitrogens with one attached hydrogen (secondary N) is 1. The van der Waals surface area contributed by atoms with Crippen molar-refractivity contribution in [1.29, 1.82) is 0 Å². The van der Waals surface area contributed by atoms with Gasteiger partial charge in [-0.2, -0.15) is 4.98 Å². The first-order chi connectivity index (χ1) is 13.2. The molecule has 0 radical (unpaired) electrons. The quantitative estimate of drug-likeness (QED) is 0.724. The number of anilines is 1. The van der Waals surface area contributed by atoms with Crippen LogP contribution in [0.15, 0.2) is 53.1 Å². The van der Waals surface area contributed by atoms with Crippen molar-refractivity contribution >= 4 is 23.2 Å². The Morgan fingerprint density at radius 3 is 2.59 bits per heavy atom. The summed E-state index contributed by atoms with van der Waals surface area (Å²) in [5.74, 6) is -0.103. The molecule has 1 N–H and O–H groups in total. The molecule has 1 saturated heterocycles. The first-order valence-corrected chi connectivity index (χ1v) is 9.29. The smallest absolute Gasteiger partial charge is 0.316 e. The van der Waals surface area contributed by atoms with Crippen molar-refractivity contribution < 1.29 is 9.32 Å². The second-order valence-electron chi connectivity index (χ2n) is 6.44. The topological polar surface area (TPSA) is 71.3 Å². The zero-order valence-electron chi connectivity index (χ0n) is 14.7. The van der Waals surface area contributed by atoms with Gasteiger partial charge in [-0.05, 0) is 48.7 Å². The van der Waals surface area contributed by atoms with Crippen LogP contribution in [0.25, 0.3) is 11.4 Å². The molecule has 0 bridgehead atoms. The number of benzene rings is 2. The van der Waals surface area contributed by atoms with Crippen LogP contribution < -0.4 is 10.2 Å². The number of carbonyl (C=O) groups is 1. The van der Waals surface area contributed by atoms with Gasteiger partial charge >= 0.3 is 11.8 Å². The number of rotatable bonds is 5. The first-order valence-electron chi connectivity index (χ1n) is 8.91.